The van der Waals surface area contributed by atoms with Crippen LogP contribution in [-0.4, -0.2) is 48.1 Å². The SMILES string of the molecule is CC(C)(O)c1ccc(CNC=O)cn1.Cc1cn(CC(F)CCn2ccc(NC(=O)CC3CCCCC3)c(F)c2=O)nn1. The largest absolute Gasteiger partial charge is 0.384 e. The molecule has 1 unspecified atom stereocenters. The standard InChI is InChI=1S/C20H27F2N5O2.C10H14N2O2/c1-14-12-27(25-24-14)13-16(21)7-9-26-10-8-17(19(22)20(26)29)23-18(28)11-15-5-3-2-4-6-15;1-10(2,14)9-4-3-8(6-12-9)5-11-7-13/h8,10,12,15-16H,2-7,9,11,13H2,1H3,(H,23,28);3-4,6-7,14H,5H2,1-2H3,(H,11,13). The van der Waals surface area contributed by atoms with E-state index in [9.17, 15) is 28.3 Å². The van der Waals surface area contributed by atoms with Crippen molar-refractivity contribution in [3.05, 3.63) is 69.9 Å². The summed E-state index contributed by atoms with van der Waals surface area (Å²) in [6.07, 6.45) is 9.88. The van der Waals surface area contributed by atoms with Gasteiger partial charge < -0.3 is 20.3 Å². The van der Waals surface area contributed by atoms with Crippen molar-refractivity contribution in [2.75, 3.05) is 5.32 Å². The summed E-state index contributed by atoms with van der Waals surface area (Å²) in [4.78, 5) is 38.5. The molecular weight excluding hydrogens is 560 g/mol. The van der Waals surface area contributed by atoms with Crippen LogP contribution in [0.1, 0.15) is 75.7 Å². The molecule has 1 fully saturated rings. The van der Waals surface area contributed by atoms with E-state index in [4.69, 9.17) is 0 Å². The summed E-state index contributed by atoms with van der Waals surface area (Å²) < 4.78 is 31.1. The van der Waals surface area contributed by atoms with Crippen LogP contribution in [0.4, 0.5) is 14.5 Å². The molecule has 2 amide bonds. The summed E-state index contributed by atoms with van der Waals surface area (Å²) in [7, 11) is 0. The third-order valence-electron chi connectivity index (χ3n) is 7.14. The lowest BCUT2D eigenvalue weighted by Crippen LogP contribution is -2.27. The van der Waals surface area contributed by atoms with Crippen molar-refractivity contribution in [1.82, 2.24) is 29.9 Å². The first kappa shape index (κ1) is 33.5. The first-order valence-electron chi connectivity index (χ1n) is 14.5. The van der Waals surface area contributed by atoms with Crippen LogP contribution in [0.5, 0.6) is 0 Å². The molecule has 43 heavy (non-hydrogen) atoms. The molecule has 0 bridgehead atoms. The highest BCUT2D eigenvalue weighted by atomic mass is 19.1. The highest BCUT2D eigenvalue weighted by Crippen LogP contribution is 2.26. The van der Waals surface area contributed by atoms with Crippen LogP contribution >= 0.6 is 0 Å². The maximum absolute atomic E-state index is 14.4. The second kappa shape index (κ2) is 16.0. The normalized spacial score (nSPS) is 14.4. The highest BCUT2D eigenvalue weighted by molar-refractivity contribution is 5.90. The van der Waals surface area contributed by atoms with Crippen LogP contribution < -0.4 is 16.2 Å². The number of nitrogens with zero attached hydrogens (tertiary/aromatic N) is 5. The van der Waals surface area contributed by atoms with Gasteiger partial charge in [0.1, 0.15) is 11.8 Å². The fourth-order valence-electron chi connectivity index (χ4n) is 4.78. The minimum atomic E-state index is -1.25. The molecular formula is C30H41F2N7O4. The molecule has 3 N–H and O–H groups in total. The first-order chi connectivity index (χ1) is 20.5. The van der Waals surface area contributed by atoms with E-state index in [1.807, 2.05) is 6.07 Å². The van der Waals surface area contributed by atoms with Crippen LogP contribution in [0, 0.1) is 18.7 Å². The van der Waals surface area contributed by atoms with Crippen molar-refractivity contribution >= 4 is 18.0 Å². The number of alkyl halides is 1. The summed E-state index contributed by atoms with van der Waals surface area (Å²) in [6, 6.07) is 4.93. The van der Waals surface area contributed by atoms with Gasteiger partial charge in [-0.2, -0.15) is 4.39 Å². The lowest BCUT2D eigenvalue weighted by atomic mass is 9.87. The summed E-state index contributed by atoms with van der Waals surface area (Å²) >= 11 is 0. The Hall–Kier alpha value is -4.00. The monoisotopic (exact) mass is 601 g/mol. The Labute approximate surface area is 249 Å². The second-order valence-corrected chi connectivity index (χ2v) is 11.4. The average Bonchev–Trinajstić information content (AvgIpc) is 3.38. The zero-order valence-corrected chi connectivity index (χ0v) is 24.9. The highest BCUT2D eigenvalue weighted by Gasteiger charge is 2.20. The van der Waals surface area contributed by atoms with Crippen LogP contribution in [0.3, 0.4) is 0 Å². The van der Waals surface area contributed by atoms with Gasteiger partial charge in [-0.1, -0.05) is 30.5 Å². The van der Waals surface area contributed by atoms with Gasteiger partial charge in [-0.15, -0.1) is 5.10 Å². The van der Waals surface area contributed by atoms with Gasteiger partial charge in [0.2, 0.25) is 18.1 Å². The predicted octanol–water partition coefficient (Wildman–Crippen LogP) is 3.78. The summed E-state index contributed by atoms with van der Waals surface area (Å²) in [5.74, 6) is -0.978. The van der Waals surface area contributed by atoms with Crippen molar-refractivity contribution in [2.24, 2.45) is 5.92 Å². The molecule has 13 heteroatoms. The maximum Gasteiger partial charge on any atom is 0.288 e. The summed E-state index contributed by atoms with van der Waals surface area (Å²) in [5.41, 5.74) is 0.302. The minimum Gasteiger partial charge on any atom is -0.384 e. The molecule has 1 aliphatic rings. The number of nitrogens with one attached hydrogen (secondary N) is 2. The fourth-order valence-corrected chi connectivity index (χ4v) is 4.78. The summed E-state index contributed by atoms with van der Waals surface area (Å²) in [6.45, 7) is 5.63. The molecule has 0 radical (unpaired) electrons. The van der Waals surface area contributed by atoms with Gasteiger partial charge >= 0.3 is 0 Å². The zero-order chi connectivity index (χ0) is 31.4. The van der Waals surface area contributed by atoms with Crippen molar-refractivity contribution < 1.29 is 23.5 Å². The Morgan fingerprint density at radius 1 is 1.23 bits per heavy atom. The number of aliphatic hydroxyl groups is 1. The quantitative estimate of drug-likeness (QED) is 0.268. The van der Waals surface area contributed by atoms with E-state index in [0.717, 1.165) is 35.8 Å². The van der Waals surface area contributed by atoms with Gasteiger partial charge in [-0.25, -0.2) is 9.07 Å². The van der Waals surface area contributed by atoms with E-state index in [2.05, 4.69) is 25.9 Å². The van der Waals surface area contributed by atoms with E-state index >= 15 is 0 Å². The van der Waals surface area contributed by atoms with Crippen LogP contribution in [-0.2, 0) is 34.8 Å². The van der Waals surface area contributed by atoms with Crippen molar-refractivity contribution in [3.63, 3.8) is 0 Å². The number of carbonyl (C=O) groups excluding carboxylic acids is 2. The molecule has 11 nitrogen and oxygen atoms in total. The number of halogens is 2. The molecule has 234 valence electrons. The van der Waals surface area contributed by atoms with Gasteiger partial charge in [0.05, 0.1) is 23.6 Å². The van der Waals surface area contributed by atoms with E-state index in [1.54, 1.807) is 39.2 Å². The maximum atomic E-state index is 14.4. The van der Waals surface area contributed by atoms with E-state index in [1.165, 1.54) is 23.4 Å². The number of aryl methyl sites for hydroxylation is 2. The molecule has 0 spiro atoms. The Bertz CT molecular complexity index is 1380. The molecule has 0 saturated heterocycles. The molecule has 1 atom stereocenters. The van der Waals surface area contributed by atoms with E-state index in [0.29, 0.717) is 36.7 Å². The molecule has 1 aliphatic carbocycles. The number of carbonyl (C=O) groups is 2. The van der Waals surface area contributed by atoms with Crippen molar-refractivity contribution in [1.29, 1.82) is 0 Å². The number of aromatic nitrogens is 5. The van der Waals surface area contributed by atoms with E-state index in [-0.39, 0.29) is 31.1 Å². The average molecular weight is 602 g/mol. The minimum absolute atomic E-state index is 0.0212. The Kier molecular flexibility index (Phi) is 12.5. The Balaban J connectivity index is 0.000000303. The summed E-state index contributed by atoms with van der Waals surface area (Å²) in [5, 5.41) is 22.2. The first-order valence-corrected chi connectivity index (χ1v) is 14.5. The lowest BCUT2D eigenvalue weighted by Gasteiger charge is -2.20. The number of rotatable bonds is 12. The van der Waals surface area contributed by atoms with Crippen LogP contribution in [0.25, 0.3) is 0 Å². The second-order valence-electron chi connectivity index (χ2n) is 11.4. The molecule has 0 aromatic carbocycles. The van der Waals surface area contributed by atoms with Gasteiger partial charge in [0.15, 0.2) is 0 Å². The fraction of sp³-hybridized carbons (Fsp3) is 0.533. The Morgan fingerprint density at radius 3 is 2.58 bits per heavy atom. The number of anilines is 1. The van der Waals surface area contributed by atoms with Crippen LogP contribution in [0.15, 0.2) is 41.6 Å². The molecule has 1 saturated carbocycles. The molecule has 4 rings (SSSR count). The third-order valence-corrected chi connectivity index (χ3v) is 7.14. The number of hydrogen-bond acceptors (Lipinski definition) is 7. The zero-order valence-electron chi connectivity index (χ0n) is 24.9. The molecule has 3 aromatic rings. The predicted molar refractivity (Wildman–Crippen MR) is 157 cm³/mol. The number of amides is 2. The molecule has 0 aliphatic heterocycles. The Morgan fingerprint density at radius 2 is 1.98 bits per heavy atom. The third kappa shape index (κ3) is 11.0. The van der Waals surface area contributed by atoms with E-state index < -0.39 is 23.1 Å². The van der Waals surface area contributed by atoms with Crippen molar-refractivity contribution in [3.8, 4) is 0 Å². The van der Waals surface area contributed by atoms with Crippen molar-refractivity contribution in [2.45, 2.75) is 97.1 Å². The smallest absolute Gasteiger partial charge is 0.288 e. The number of hydrogen-bond donors (Lipinski definition) is 3. The van der Waals surface area contributed by atoms with Gasteiger partial charge in [-0.05, 0) is 63.6 Å². The molecule has 3 heterocycles. The van der Waals surface area contributed by atoms with Gasteiger partial charge in [0, 0.05) is 38.1 Å². The van der Waals surface area contributed by atoms with Gasteiger partial charge in [-0.3, -0.25) is 19.4 Å². The van der Waals surface area contributed by atoms with Crippen LogP contribution in [0.2, 0.25) is 0 Å². The molecule has 3 aromatic heterocycles. The lowest BCUT2D eigenvalue weighted by molar-refractivity contribution is -0.117. The van der Waals surface area contributed by atoms with Gasteiger partial charge in [0.25, 0.3) is 5.56 Å². The topological polar surface area (TPSA) is 144 Å². The number of pyridine rings is 2.